The summed E-state index contributed by atoms with van der Waals surface area (Å²) in [4.78, 5) is 11.9. The minimum Gasteiger partial charge on any atom is -0.463 e. The minimum atomic E-state index is -0.593. The molecule has 0 radical (unpaired) electrons. The second-order valence-electron chi connectivity index (χ2n) is 10.8. The van der Waals surface area contributed by atoms with E-state index in [-0.39, 0.29) is 12.6 Å². The highest BCUT2D eigenvalue weighted by Crippen LogP contribution is 2.31. The van der Waals surface area contributed by atoms with Gasteiger partial charge in [0.2, 0.25) is 0 Å². The van der Waals surface area contributed by atoms with E-state index in [1.165, 1.54) is 19.8 Å². The van der Waals surface area contributed by atoms with Gasteiger partial charge < -0.3 is 23.7 Å². The molecule has 1 saturated heterocycles. The highest BCUT2D eigenvalue weighted by atomic mass is 16.6. The average molecular weight is 585 g/mol. The Kier molecular flexibility index (Phi) is 13.8. The number of benzene rings is 3. The maximum atomic E-state index is 11.9. The summed E-state index contributed by atoms with van der Waals surface area (Å²) in [6, 6.07) is 30.0. The van der Waals surface area contributed by atoms with Crippen molar-refractivity contribution in [3.8, 4) is 11.8 Å². The van der Waals surface area contributed by atoms with Crippen LogP contribution in [0.5, 0.6) is 0 Å². The fraction of sp³-hybridized carbons (Fsp3) is 0.432. The van der Waals surface area contributed by atoms with Gasteiger partial charge in [-0.3, -0.25) is 4.79 Å². The van der Waals surface area contributed by atoms with Crippen LogP contribution in [0.2, 0.25) is 0 Å². The fourth-order valence-corrected chi connectivity index (χ4v) is 5.05. The van der Waals surface area contributed by atoms with Gasteiger partial charge in [0.05, 0.1) is 19.8 Å². The molecule has 0 unspecified atom stereocenters. The van der Waals surface area contributed by atoms with Crippen LogP contribution >= 0.6 is 0 Å². The first-order valence-corrected chi connectivity index (χ1v) is 15.4. The van der Waals surface area contributed by atoms with E-state index in [1.807, 2.05) is 91.0 Å². The zero-order chi connectivity index (χ0) is 30.1. The highest BCUT2D eigenvalue weighted by Gasteiger charge is 2.48. The molecule has 3 aromatic carbocycles. The molecule has 228 valence electrons. The predicted octanol–water partition coefficient (Wildman–Crippen LogP) is 7.05. The molecule has 6 heteroatoms. The van der Waals surface area contributed by atoms with E-state index in [0.29, 0.717) is 19.8 Å². The highest BCUT2D eigenvalue weighted by molar-refractivity contribution is 5.65. The Morgan fingerprint density at radius 1 is 0.698 bits per heavy atom. The number of carbonyl (C=O) groups is 1. The van der Waals surface area contributed by atoms with Crippen LogP contribution in [0.3, 0.4) is 0 Å². The van der Waals surface area contributed by atoms with Crippen molar-refractivity contribution in [2.75, 3.05) is 6.61 Å². The largest absolute Gasteiger partial charge is 0.463 e. The summed E-state index contributed by atoms with van der Waals surface area (Å²) in [5.41, 5.74) is 3.10. The maximum absolute atomic E-state index is 11.9. The molecule has 0 aromatic heterocycles. The third-order valence-electron chi connectivity index (χ3n) is 7.34. The van der Waals surface area contributed by atoms with Crippen molar-refractivity contribution in [2.24, 2.45) is 0 Å². The van der Waals surface area contributed by atoms with Crippen molar-refractivity contribution in [3.63, 3.8) is 0 Å². The van der Waals surface area contributed by atoms with Gasteiger partial charge in [-0.15, -0.1) is 5.92 Å². The van der Waals surface area contributed by atoms with E-state index in [4.69, 9.17) is 23.7 Å². The lowest BCUT2D eigenvalue weighted by Crippen LogP contribution is -2.61. The first-order valence-electron chi connectivity index (χ1n) is 15.4. The van der Waals surface area contributed by atoms with Crippen LogP contribution < -0.4 is 0 Å². The molecule has 0 aliphatic carbocycles. The summed E-state index contributed by atoms with van der Waals surface area (Å²) >= 11 is 0. The standard InChI is InChI=1S/C37H44O6/c1-3-4-5-6-7-17-24-33-35(40-25-30-18-11-8-12-19-30)37(42-27-32-22-15-10-16-23-32)36(34(43-33)28-39-29(2)38)41-26-31-20-13-9-14-21-31/h8-16,18-23,33-37H,3-7,25-28H2,1-2H3/t33-,34-,35+,36-,37-/m1/s1. The molecule has 6 nitrogen and oxygen atoms in total. The van der Waals surface area contributed by atoms with E-state index in [0.717, 1.165) is 36.0 Å². The molecule has 0 bridgehead atoms. The van der Waals surface area contributed by atoms with Crippen molar-refractivity contribution in [3.05, 3.63) is 108 Å². The van der Waals surface area contributed by atoms with Crippen molar-refractivity contribution in [1.82, 2.24) is 0 Å². The van der Waals surface area contributed by atoms with Gasteiger partial charge in [0.15, 0.2) is 0 Å². The van der Waals surface area contributed by atoms with E-state index in [1.54, 1.807) is 0 Å². The maximum Gasteiger partial charge on any atom is 0.302 e. The molecule has 0 amide bonds. The van der Waals surface area contributed by atoms with Gasteiger partial charge >= 0.3 is 5.97 Å². The van der Waals surface area contributed by atoms with Crippen LogP contribution in [0, 0.1) is 11.8 Å². The first kappa shape index (κ1) is 32.4. The normalized spacial score (nSPS) is 21.5. The topological polar surface area (TPSA) is 63.2 Å². The zero-order valence-corrected chi connectivity index (χ0v) is 25.4. The Morgan fingerprint density at radius 3 is 1.72 bits per heavy atom. The third kappa shape index (κ3) is 10.9. The lowest BCUT2D eigenvalue weighted by Gasteiger charge is -2.44. The number of rotatable bonds is 15. The molecule has 1 aliphatic heterocycles. The van der Waals surface area contributed by atoms with E-state index in [2.05, 4.69) is 18.8 Å². The molecule has 0 N–H and O–H groups in total. The molecule has 4 rings (SSSR count). The summed E-state index contributed by atoms with van der Waals surface area (Å²) in [6.45, 7) is 4.70. The monoisotopic (exact) mass is 584 g/mol. The SMILES string of the molecule is CCCCCCC#C[C@H]1O[C@H](COC(C)=O)[C@@H](OCc2ccccc2)[C@H](OCc2ccccc2)[C@H]1OCc1ccccc1. The predicted molar refractivity (Wildman–Crippen MR) is 167 cm³/mol. The Morgan fingerprint density at radius 2 is 1.21 bits per heavy atom. The van der Waals surface area contributed by atoms with E-state index < -0.39 is 30.5 Å². The van der Waals surface area contributed by atoms with Crippen molar-refractivity contribution in [1.29, 1.82) is 0 Å². The second-order valence-corrected chi connectivity index (χ2v) is 10.8. The molecule has 1 aliphatic rings. The Labute approximate surface area is 256 Å². The van der Waals surface area contributed by atoms with E-state index in [9.17, 15) is 4.79 Å². The fourth-order valence-electron chi connectivity index (χ4n) is 5.05. The number of esters is 1. The van der Waals surface area contributed by atoms with Gasteiger partial charge in [-0.05, 0) is 23.1 Å². The van der Waals surface area contributed by atoms with Crippen LogP contribution in [0.1, 0.15) is 62.6 Å². The summed E-state index contributed by atoms with van der Waals surface area (Å²) in [7, 11) is 0. The van der Waals surface area contributed by atoms with Crippen LogP contribution in [-0.4, -0.2) is 43.1 Å². The van der Waals surface area contributed by atoms with Crippen LogP contribution in [-0.2, 0) is 48.3 Å². The minimum absolute atomic E-state index is 0.0278. The molecule has 1 heterocycles. The number of unbranched alkanes of at least 4 members (excludes halogenated alkanes) is 4. The van der Waals surface area contributed by atoms with Gasteiger partial charge in [0.25, 0.3) is 0 Å². The van der Waals surface area contributed by atoms with Crippen LogP contribution in [0.25, 0.3) is 0 Å². The zero-order valence-electron chi connectivity index (χ0n) is 25.4. The number of hydrogen-bond acceptors (Lipinski definition) is 6. The second kappa shape index (κ2) is 18.3. The lowest BCUT2D eigenvalue weighted by molar-refractivity contribution is -0.259. The molecular formula is C37H44O6. The van der Waals surface area contributed by atoms with Crippen molar-refractivity contribution >= 4 is 5.97 Å². The average Bonchev–Trinajstić information content (AvgIpc) is 3.04. The Hall–Kier alpha value is -3.47. The van der Waals surface area contributed by atoms with Gasteiger partial charge in [0, 0.05) is 13.3 Å². The van der Waals surface area contributed by atoms with Crippen LogP contribution in [0.15, 0.2) is 91.0 Å². The Bertz CT molecular complexity index is 1250. The van der Waals surface area contributed by atoms with Crippen molar-refractivity contribution < 1.29 is 28.5 Å². The smallest absolute Gasteiger partial charge is 0.302 e. The molecular weight excluding hydrogens is 540 g/mol. The van der Waals surface area contributed by atoms with E-state index >= 15 is 0 Å². The molecule has 3 aromatic rings. The quantitative estimate of drug-likeness (QED) is 0.108. The molecule has 0 spiro atoms. The molecule has 0 saturated carbocycles. The number of hydrogen-bond donors (Lipinski definition) is 0. The first-order chi connectivity index (χ1) is 21.1. The van der Waals surface area contributed by atoms with Gasteiger partial charge in [-0.1, -0.05) is 123 Å². The van der Waals surface area contributed by atoms with Gasteiger partial charge in [-0.2, -0.15) is 0 Å². The van der Waals surface area contributed by atoms with Crippen LogP contribution in [0.4, 0.5) is 0 Å². The summed E-state index contributed by atoms with van der Waals surface area (Å²) < 4.78 is 31.8. The summed E-state index contributed by atoms with van der Waals surface area (Å²) in [6.07, 6.45) is 2.51. The summed E-state index contributed by atoms with van der Waals surface area (Å²) in [5.74, 6) is 6.31. The number of carbonyl (C=O) groups excluding carboxylic acids is 1. The Balaban J connectivity index is 1.64. The number of ether oxygens (including phenoxy) is 5. The lowest BCUT2D eigenvalue weighted by atomic mass is 9.94. The van der Waals surface area contributed by atoms with Gasteiger partial charge in [-0.25, -0.2) is 0 Å². The van der Waals surface area contributed by atoms with Gasteiger partial charge in [0.1, 0.15) is 37.1 Å². The molecule has 5 atom stereocenters. The molecule has 1 fully saturated rings. The summed E-state index contributed by atoms with van der Waals surface area (Å²) in [5, 5.41) is 0. The molecule has 43 heavy (non-hydrogen) atoms. The van der Waals surface area contributed by atoms with Crippen molar-refractivity contribution in [2.45, 2.75) is 96.3 Å². The third-order valence-corrected chi connectivity index (χ3v) is 7.34.